The van der Waals surface area contributed by atoms with Crippen LogP contribution < -0.4 is 0 Å². The molecule has 6 heteroatoms. The fourth-order valence-corrected chi connectivity index (χ4v) is 3.26. The van der Waals surface area contributed by atoms with Crippen molar-refractivity contribution in [2.75, 3.05) is 7.05 Å². The molecule has 1 fully saturated rings. The van der Waals surface area contributed by atoms with Gasteiger partial charge in [-0.2, -0.15) is 0 Å². The SMILES string of the molecule is CN(C(=O)c1cnc2ccccc2n1)C1(C(=O)O)CCCCC1. The summed E-state index contributed by atoms with van der Waals surface area (Å²) in [7, 11) is 1.55. The maximum absolute atomic E-state index is 12.8. The predicted molar refractivity (Wildman–Crippen MR) is 85.1 cm³/mol. The molecule has 1 aromatic carbocycles. The van der Waals surface area contributed by atoms with E-state index in [4.69, 9.17) is 0 Å². The molecule has 0 saturated heterocycles. The zero-order chi connectivity index (χ0) is 16.4. The van der Waals surface area contributed by atoms with Crippen LogP contribution in [-0.2, 0) is 4.79 Å². The Bertz CT molecular complexity index is 754. The van der Waals surface area contributed by atoms with Crippen LogP contribution >= 0.6 is 0 Å². The van der Waals surface area contributed by atoms with Gasteiger partial charge in [0.25, 0.3) is 5.91 Å². The molecule has 1 aliphatic rings. The van der Waals surface area contributed by atoms with Gasteiger partial charge in [0.15, 0.2) is 0 Å². The Kier molecular flexibility index (Phi) is 3.98. The summed E-state index contributed by atoms with van der Waals surface area (Å²) < 4.78 is 0. The molecule has 2 aromatic rings. The van der Waals surface area contributed by atoms with Crippen molar-refractivity contribution in [3.8, 4) is 0 Å². The monoisotopic (exact) mass is 313 g/mol. The second-order valence-corrected chi connectivity index (χ2v) is 6.01. The summed E-state index contributed by atoms with van der Waals surface area (Å²) in [5.74, 6) is -1.34. The highest BCUT2D eigenvalue weighted by molar-refractivity contribution is 5.97. The lowest BCUT2D eigenvalue weighted by Crippen LogP contribution is -2.56. The zero-order valence-electron chi connectivity index (χ0n) is 13.0. The molecule has 23 heavy (non-hydrogen) atoms. The van der Waals surface area contributed by atoms with Crippen LogP contribution in [0, 0.1) is 0 Å². The first-order valence-corrected chi connectivity index (χ1v) is 7.78. The van der Waals surface area contributed by atoms with Gasteiger partial charge < -0.3 is 10.0 Å². The van der Waals surface area contributed by atoms with Crippen LogP contribution in [0.4, 0.5) is 0 Å². The van der Waals surface area contributed by atoms with E-state index >= 15 is 0 Å². The third kappa shape index (κ3) is 2.65. The summed E-state index contributed by atoms with van der Waals surface area (Å²) in [6, 6.07) is 7.29. The Morgan fingerprint density at radius 2 is 1.78 bits per heavy atom. The van der Waals surface area contributed by atoms with Crippen LogP contribution in [0.1, 0.15) is 42.6 Å². The van der Waals surface area contributed by atoms with E-state index in [2.05, 4.69) is 9.97 Å². The molecule has 1 N–H and O–H groups in total. The lowest BCUT2D eigenvalue weighted by atomic mass is 9.80. The number of carboxylic acid groups (broad SMARTS) is 1. The molecular formula is C17H19N3O3. The van der Waals surface area contributed by atoms with Crippen LogP contribution in [0.2, 0.25) is 0 Å². The third-order valence-corrected chi connectivity index (χ3v) is 4.69. The molecule has 1 aliphatic carbocycles. The number of amides is 1. The van der Waals surface area contributed by atoms with Crippen molar-refractivity contribution in [2.24, 2.45) is 0 Å². The van der Waals surface area contributed by atoms with Gasteiger partial charge in [-0.1, -0.05) is 31.4 Å². The number of carbonyl (C=O) groups excluding carboxylic acids is 1. The van der Waals surface area contributed by atoms with Gasteiger partial charge in [0.2, 0.25) is 0 Å². The van der Waals surface area contributed by atoms with Crippen LogP contribution in [0.15, 0.2) is 30.5 Å². The number of hydrogen-bond donors (Lipinski definition) is 1. The number of aromatic nitrogens is 2. The fourth-order valence-electron chi connectivity index (χ4n) is 3.26. The Balaban J connectivity index is 1.94. The molecule has 120 valence electrons. The molecule has 0 radical (unpaired) electrons. The van der Waals surface area contributed by atoms with Crippen LogP contribution in [0.5, 0.6) is 0 Å². The van der Waals surface area contributed by atoms with E-state index < -0.39 is 17.4 Å². The average molecular weight is 313 g/mol. The average Bonchev–Trinajstić information content (AvgIpc) is 2.60. The number of fused-ring (bicyclic) bond motifs is 1. The highest BCUT2D eigenvalue weighted by atomic mass is 16.4. The number of hydrogen-bond acceptors (Lipinski definition) is 4. The van der Waals surface area contributed by atoms with Crippen LogP contribution in [0.25, 0.3) is 11.0 Å². The minimum absolute atomic E-state index is 0.178. The van der Waals surface area contributed by atoms with Crippen molar-refractivity contribution in [1.82, 2.24) is 14.9 Å². The highest BCUT2D eigenvalue weighted by Crippen LogP contribution is 2.34. The van der Waals surface area contributed by atoms with Gasteiger partial charge in [-0.25, -0.2) is 9.78 Å². The van der Waals surface area contributed by atoms with E-state index in [1.54, 1.807) is 13.1 Å². The van der Waals surface area contributed by atoms with Crippen molar-refractivity contribution in [3.05, 3.63) is 36.2 Å². The molecule has 1 aromatic heterocycles. The van der Waals surface area contributed by atoms with E-state index in [1.165, 1.54) is 11.1 Å². The number of carbonyl (C=O) groups is 2. The first-order valence-electron chi connectivity index (χ1n) is 7.78. The molecule has 0 unspecified atom stereocenters. The summed E-state index contributed by atoms with van der Waals surface area (Å²) in [6.45, 7) is 0. The summed E-state index contributed by atoms with van der Waals surface area (Å²) in [5, 5.41) is 9.70. The summed E-state index contributed by atoms with van der Waals surface area (Å²) in [6.07, 6.45) is 5.00. The summed E-state index contributed by atoms with van der Waals surface area (Å²) in [4.78, 5) is 34.5. The van der Waals surface area contributed by atoms with E-state index in [0.29, 0.717) is 23.9 Å². The van der Waals surface area contributed by atoms with Gasteiger partial charge >= 0.3 is 5.97 Å². The topological polar surface area (TPSA) is 83.4 Å². The molecule has 1 heterocycles. The van der Waals surface area contributed by atoms with Crippen molar-refractivity contribution in [3.63, 3.8) is 0 Å². The van der Waals surface area contributed by atoms with E-state index in [1.807, 2.05) is 18.2 Å². The predicted octanol–water partition coefficient (Wildman–Crippen LogP) is 2.49. The Hall–Kier alpha value is -2.50. The van der Waals surface area contributed by atoms with Gasteiger partial charge in [0.1, 0.15) is 11.2 Å². The molecule has 1 amide bonds. The number of benzene rings is 1. The van der Waals surface area contributed by atoms with Gasteiger partial charge in [-0.15, -0.1) is 0 Å². The minimum atomic E-state index is -1.14. The summed E-state index contributed by atoms with van der Waals surface area (Å²) >= 11 is 0. The van der Waals surface area contributed by atoms with Gasteiger partial charge in [-0.05, 0) is 25.0 Å². The molecule has 0 spiro atoms. The normalized spacial score (nSPS) is 16.9. The number of rotatable bonds is 3. The number of nitrogens with zero attached hydrogens (tertiary/aromatic N) is 3. The maximum atomic E-state index is 12.8. The second-order valence-electron chi connectivity index (χ2n) is 6.01. The summed E-state index contributed by atoms with van der Waals surface area (Å²) in [5.41, 5.74) is 0.373. The standard InChI is InChI=1S/C17H19N3O3/c1-20(17(16(22)23)9-5-2-6-10-17)15(21)14-11-18-12-7-3-4-8-13(12)19-14/h3-4,7-8,11H,2,5-6,9-10H2,1H3,(H,22,23). The minimum Gasteiger partial charge on any atom is -0.479 e. The van der Waals surface area contributed by atoms with E-state index in [9.17, 15) is 14.7 Å². The van der Waals surface area contributed by atoms with Gasteiger partial charge in [-0.3, -0.25) is 9.78 Å². The maximum Gasteiger partial charge on any atom is 0.329 e. The molecule has 6 nitrogen and oxygen atoms in total. The first-order chi connectivity index (χ1) is 11.0. The Morgan fingerprint density at radius 3 is 2.43 bits per heavy atom. The molecule has 0 bridgehead atoms. The Labute approximate surface area is 134 Å². The van der Waals surface area contributed by atoms with Crippen LogP contribution in [0.3, 0.4) is 0 Å². The Morgan fingerprint density at radius 1 is 1.13 bits per heavy atom. The van der Waals surface area contributed by atoms with Crippen molar-refractivity contribution >= 4 is 22.9 Å². The smallest absolute Gasteiger partial charge is 0.329 e. The molecule has 0 aliphatic heterocycles. The quantitative estimate of drug-likeness (QED) is 0.941. The molecular weight excluding hydrogens is 294 g/mol. The largest absolute Gasteiger partial charge is 0.479 e. The zero-order valence-corrected chi connectivity index (χ0v) is 13.0. The molecule has 1 saturated carbocycles. The second kappa shape index (κ2) is 5.95. The fraction of sp³-hybridized carbons (Fsp3) is 0.412. The number of aliphatic carboxylic acids is 1. The van der Waals surface area contributed by atoms with Crippen molar-refractivity contribution in [2.45, 2.75) is 37.6 Å². The highest BCUT2D eigenvalue weighted by Gasteiger charge is 2.45. The first kappa shape index (κ1) is 15.4. The van der Waals surface area contributed by atoms with Crippen LogP contribution in [-0.4, -0.2) is 44.4 Å². The third-order valence-electron chi connectivity index (χ3n) is 4.69. The van der Waals surface area contributed by atoms with Gasteiger partial charge in [0.05, 0.1) is 17.2 Å². The number of likely N-dealkylation sites (N-methyl/N-ethyl adjacent to an activating group) is 1. The lowest BCUT2D eigenvalue weighted by molar-refractivity contribution is -0.151. The number of para-hydroxylation sites is 2. The van der Waals surface area contributed by atoms with Crippen molar-refractivity contribution < 1.29 is 14.7 Å². The van der Waals surface area contributed by atoms with Crippen molar-refractivity contribution in [1.29, 1.82) is 0 Å². The lowest BCUT2D eigenvalue weighted by Gasteiger charge is -2.40. The molecule has 3 rings (SSSR count). The van der Waals surface area contributed by atoms with Gasteiger partial charge in [0, 0.05) is 7.05 Å². The van der Waals surface area contributed by atoms with E-state index in [0.717, 1.165) is 19.3 Å². The number of carboxylic acids is 1. The molecule has 0 atom stereocenters. The van der Waals surface area contributed by atoms with E-state index in [-0.39, 0.29) is 5.69 Å².